The topological polar surface area (TPSA) is 28.2 Å². The molecular formula is C16H23Cl2N3. The Kier molecular flexibility index (Phi) is 4.80. The highest BCUT2D eigenvalue weighted by atomic mass is 35.5. The minimum Gasteiger partial charge on any atom is -0.369 e. The van der Waals surface area contributed by atoms with Gasteiger partial charge < -0.3 is 10.2 Å². The Morgan fingerprint density at radius 3 is 2.71 bits per heavy atom. The third-order valence-electron chi connectivity index (χ3n) is 4.85. The van der Waals surface area contributed by atoms with Crippen molar-refractivity contribution in [1.82, 2.24) is 4.98 Å². The van der Waals surface area contributed by atoms with Crippen molar-refractivity contribution in [2.45, 2.75) is 39.0 Å². The molecule has 2 fully saturated rings. The van der Waals surface area contributed by atoms with Gasteiger partial charge in [-0.25, -0.2) is 4.98 Å². The first-order valence-corrected chi connectivity index (χ1v) is 8.79. The molecule has 21 heavy (non-hydrogen) atoms. The third kappa shape index (κ3) is 3.24. The van der Waals surface area contributed by atoms with Crippen LogP contribution in [0.5, 0.6) is 0 Å². The molecule has 0 aromatic carbocycles. The van der Waals surface area contributed by atoms with Crippen molar-refractivity contribution in [1.29, 1.82) is 0 Å². The van der Waals surface area contributed by atoms with Crippen LogP contribution in [0.3, 0.4) is 0 Å². The van der Waals surface area contributed by atoms with Gasteiger partial charge in [0.1, 0.15) is 11.6 Å². The lowest BCUT2D eigenvalue weighted by Gasteiger charge is -2.42. The highest BCUT2D eigenvalue weighted by molar-refractivity contribution is 6.37. The molecule has 1 N–H and O–H groups in total. The third-order valence-corrected chi connectivity index (χ3v) is 5.41. The molecule has 2 aliphatic rings. The van der Waals surface area contributed by atoms with E-state index in [0.717, 1.165) is 43.1 Å². The van der Waals surface area contributed by atoms with Gasteiger partial charge in [0.05, 0.1) is 10.0 Å². The van der Waals surface area contributed by atoms with Crippen LogP contribution in [-0.2, 0) is 0 Å². The molecule has 0 bridgehead atoms. The molecule has 1 aliphatic carbocycles. The van der Waals surface area contributed by atoms with Crippen LogP contribution in [0.25, 0.3) is 0 Å². The normalized spacial score (nSPS) is 25.6. The van der Waals surface area contributed by atoms with Crippen molar-refractivity contribution in [3.63, 3.8) is 0 Å². The molecule has 0 amide bonds. The Morgan fingerprint density at radius 2 is 1.95 bits per heavy atom. The van der Waals surface area contributed by atoms with Gasteiger partial charge in [0.2, 0.25) is 0 Å². The fraction of sp³-hybridized carbons (Fsp3) is 0.688. The Balaban J connectivity index is 1.81. The summed E-state index contributed by atoms with van der Waals surface area (Å²) < 4.78 is 0. The van der Waals surface area contributed by atoms with E-state index >= 15 is 0 Å². The van der Waals surface area contributed by atoms with Crippen molar-refractivity contribution in [3.05, 3.63) is 16.1 Å². The number of hydrogen-bond donors (Lipinski definition) is 1. The number of aromatic nitrogens is 1. The molecule has 0 radical (unpaired) electrons. The van der Waals surface area contributed by atoms with Gasteiger partial charge in [0.15, 0.2) is 0 Å². The van der Waals surface area contributed by atoms with E-state index in [9.17, 15) is 0 Å². The molecule has 116 valence electrons. The largest absolute Gasteiger partial charge is 0.369 e. The highest BCUT2D eigenvalue weighted by Crippen LogP contribution is 2.39. The van der Waals surface area contributed by atoms with Crippen LogP contribution >= 0.6 is 23.2 Å². The van der Waals surface area contributed by atoms with E-state index in [1.807, 2.05) is 13.0 Å². The van der Waals surface area contributed by atoms with Gasteiger partial charge in [-0.1, -0.05) is 42.5 Å². The predicted octanol–water partition coefficient (Wildman–Crippen LogP) is 4.84. The Bertz CT molecular complexity index is 507. The van der Waals surface area contributed by atoms with Crippen LogP contribution in [0.15, 0.2) is 6.07 Å². The van der Waals surface area contributed by atoms with Gasteiger partial charge in [-0.05, 0) is 37.7 Å². The zero-order chi connectivity index (χ0) is 14.8. The highest BCUT2D eigenvalue weighted by Gasteiger charge is 2.32. The van der Waals surface area contributed by atoms with E-state index in [0.29, 0.717) is 10.0 Å². The second kappa shape index (κ2) is 6.62. The minimum atomic E-state index is 0.596. The maximum absolute atomic E-state index is 6.39. The van der Waals surface area contributed by atoms with Crippen molar-refractivity contribution in [2.75, 3.05) is 29.9 Å². The molecule has 2 heterocycles. The first kappa shape index (κ1) is 15.2. The summed E-state index contributed by atoms with van der Waals surface area (Å²) in [5, 5.41) is 4.47. The first-order valence-electron chi connectivity index (χ1n) is 8.04. The fourth-order valence-corrected chi connectivity index (χ4v) is 4.31. The average molecular weight is 328 g/mol. The zero-order valence-corrected chi connectivity index (χ0v) is 14.1. The van der Waals surface area contributed by atoms with Crippen LogP contribution in [-0.4, -0.2) is 24.6 Å². The summed E-state index contributed by atoms with van der Waals surface area (Å²) in [7, 11) is 0. The van der Waals surface area contributed by atoms with E-state index in [4.69, 9.17) is 23.2 Å². The van der Waals surface area contributed by atoms with Crippen LogP contribution in [0.2, 0.25) is 10.0 Å². The first-order chi connectivity index (χ1) is 10.2. The maximum atomic E-state index is 6.39. The molecule has 0 spiro atoms. The van der Waals surface area contributed by atoms with Gasteiger partial charge >= 0.3 is 0 Å². The van der Waals surface area contributed by atoms with Crippen LogP contribution < -0.4 is 10.2 Å². The molecule has 1 saturated carbocycles. The summed E-state index contributed by atoms with van der Waals surface area (Å²) in [4.78, 5) is 7.03. The second-order valence-corrected chi connectivity index (χ2v) is 7.01. The second-order valence-electron chi connectivity index (χ2n) is 6.19. The van der Waals surface area contributed by atoms with Gasteiger partial charge in [-0.2, -0.15) is 0 Å². The lowest BCUT2D eigenvalue weighted by Crippen LogP contribution is -2.42. The van der Waals surface area contributed by atoms with Crippen molar-refractivity contribution in [2.24, 2.45) is 11.8 Å². The average Bonchev–Trinajstić information content (AvgIpc) is 2.49. The fourth-order valence-electron chi connectivity index (χ4n) is 3.76. The Hall–Kier alpha value is -0.670. The molecule has 1 aliphatic heterocycles. The van der Waals surface area contributed by atoms with Crippen LogP contribution in [0, 0.1) is 11.8 Å². The SMILES string of the molecule is CCNc1nc(N2CCC3CCCCC3C2)c(Cl)cc1Cl. The smallest absolute Gasteiger partial charge is 0.149 e. The summed E-state index contributed by atoms with van der Waals surface area (Å²) in [5.74, 6) is 3.35. The predicted molar refractivity (Wildman–Crippen MR) is 90.7 cm³/mol. The zero-order valence-electron chi connectivity index (χ0n) is 12.5. The van der Waals surface area contributed by atoms with Gasteiger partial charge in [0.25, 0.3) is 0 Å². The number of nitrogens with one attached hydrogen (secondary N) is 1. The van der Waals surface area contributed by atoms with Crippen molar-refractivity contribution < 1.29 is 0 Å². The molecule has 2 atom stereocenters. The molecule has 3 rings (SSSR count). The van der Waals surface area contributed by atoms with Gasteiger partial charge in [-0.15, -0.1) is 0 Å². The summed E-state index contributed by atoms with van der Waals surface area (Å²) in [5.41, 5.74) is 0. The molecule has 2 unspecified atom stereocenters. The number of rotatable bonds is 3. The number of pyridine rings is 1. The molecule has 1 saturated heterocycles. The molecule has 3 nitrogen and oxygen atoms in total. The van der Waals surface area contributed by atoms with Gasteiger partial charge in [-0.3, -0.25) is 0 Å². The summed E-state index contributed by atoms with van der Waals surface area (Å²) in [6, 6.07) is 1.82. The lowest BCUT2D eigenvalue weighted by atomic mass is 9.75. The maximum Gasteiger partial charge on any atom is 0.149 e. The monoisotopic (exact) mass is 327 g/mol. The van der Waals surface area contributed by atoms with Gasteiger partial charge in [0, 0.05) is 19.6 Å². The van der Waals surface area contributed by atoms with Crippen molar-refractivity contribution >= 4 is 34.8 Å². The number of nitrogens with zero attached hydrogens (tertiary/aromatic N) is 2. The van der Waals surface area contributed by atoms with E-state index in [-0.39, 0.29) is 0 Å². The van der Waals surface area contributed by atoms with E-state index in [1.165, 1.54) is 32.1 Å². The quantitative estimate of drug-likeness (QED) is 0.861. The standard InChI is InChI=1S/C16H23Cl2N3/c1-2-19-15-13(17)9-14(18)16(20-15)21-8-7-11-5-3-4-6-12(11)10-21/h9,11-12H,2-8,10H2,1H3,(H,19,20). The number of halogens is 2. The van der Waals surface area contributed by atoms with E-state index in [2.05, 4.69) is 15.2 Å². The number of piperidine rings is 1. The number of anilines is 2. The van der Waals surface area contributed by atoms with Crippen LogP contribution in [0.1, 0.15) is 39.0 Å². The molecule has 1 aromatic heterocycles. The molecule has 5 heteroatoms. The Morgan fingerprint density at radius 1 is 1.19 bits per heavy atom. The van der Waals surface area contributed by atoms with E-state index in [1.54, 1.807) is 0 Å². The lowest BCUT2D eigenvalue weighted by molar-refractivity contribution is 0.202. The van der Waals surface area contributed by atoms with E-state index < -0.39 is 0 Å². The Labute approximate surface area is 137 Å². The summed E-state index contributed by atoms with van der Waals surface area (Å²) in [6.45, 7) is 4.99. The molecule has 1 aromatic rings. The minimum absolute atomic E-state index is 0.596. The van der Waals surface area contributed by atoms with Crippen molar-refractivity contribution in [3.8, 4) is 0 Å². The summed E-state index contributed by atoms with van der Waals surface area (Å²) in [6.07, 6.45) is 6.81. The number of hydrogen-bond acceptors (Lipinski definition) is 3. The number of fused-ring (bicyclic) bond motifs is 1. The summed E-state index contributed by atoms with van der Waals surface area (Å²) >= 11 is 12.6. The molecular weight excluding hydrogens is 305 g/mol. The van der Waals surface area contributed by atoms with Crippen LogP contribution in [0.4, 0.5) is 11.6 Å².